The number of Topliss-reactive ketones (excluding diaryl/α,β-unsaturated/α-hetero) is 1. The molecule has 0 spiro atoms. The Morgan fingerprint density at radius 3 is 2.63 bits per heavy atom. The van der Waals surface area contributed by atoms with Crippen LogP contribution in [0.3, 0.4) is 0 Å². The van der Waals surface area contributed by atoms with Crippen molar-refractivity contribution in [2.24, 2.45) is 5.92 Å². The van der Waals surface area contributed by atoms with Crippen LogP contribution >= 0.6 is 0 Å². The Labute approximate surface area is 159 Å². The van der Waals surface area contributed by atoms with Crippen molar-refractivity contribution in [3.8, 4) is 0 Å². The molecule has 0 N–H and O–H groups in total. The summed E-state index contributed by atoms with van der Waals surface area (Å²) in [5.41, 5.74) is 0.677. The molecule has 4 heterocycles. The van der Waals surface area contributed by atoms with Gasteiger partial charge in [-0.1, -0.05) is 30.3 Å². The van der Waals surface area contributed by atoms with Crippen LogP contribution in [0.2, 0.25) is 0 Å². The molecule has 5 rings (SSSR count). The van der Waals surface area contributed by atoms with E-state index >= 15 is 0 Å². The molecule has 2 unspecified atom stereocenters. The molecule has 2 atom stereocenters. The predicted molar refractivity (Wildman–Crippen MR) is 102 cm³/mol. The molecule has 6 heteroatoms. The second-order valence-electron chi connectivity index (χ2n) is 7.40. The molecule has 1 aromatic carbocycles. The highest BCUT2D eigenvalue weighted by Gasteiger charge is 2.37. The van der Waals surface area contributed by atoms with E-state index in [9.17, 15) is 9.59 Å². The Kier molecular flexibility index (Phi) is 5.14. The molecule has 0 radical (unpaired) electrons. The van der Waals surface area contributed by atoms with Gasteiger partial charge in [0.1, 0.15) is 5.82 Å². The van der Waals surface area contributed by atoms with E-state index in [0.717, 1.165) is 38.3 Å². The van der Waals surface area contributed by atoms with Crippen LogP contribution in [-0.4, -0.2) is 52.2 Å². The molecule has 1 aromatic heterocycles. The minimum atomic E-state index is 0.0325. The van der Waals surface area contributed by atoms with Crippen LogP contribution < -0.4 is 4.90 Å². The van der Waals surface area contributed by atoms with Gasteiger partial charge < -0.3 is 9.80 Å². The van der Waals surface area contributed by atoms with Gasteiger partial charge in [0.25, 0.3) is 0 Å². The van der Waals surface area contributed by atoms with Crippen molar-refractivity contribution >= 4 is 17.5 Å². The summed E-state index contributed by atoms with van der Waals surface area (Å²) in [4.78, 5) is 38.0. The lowest BCUT2D eigenvalue weighted by atomic mass is 9.94. The Morgan fingerprint density at radius 2 is 1.85 bits per heavy atom. The highest BCUT2D eigenvalue weighted by atomic mass is 16.2. The van der Waals surface area contributed by atoms with Crippen LogP contribution in [0.4, 0.5) is 5.82 Å². The fourth-order valence-corrected chi connectivity index (χ4v) is 4.16. The number of amides is 1. The van der Waals surface area contributed by atoms with Gasteiger partial charge in [-0.05, 0) is 18.8 Å². The first-order chi connectivity index (χ1) is 13.2. The first-order valence-corrected chi connectivity index (χ1v) is 9.59. The van der Waals surface area contributed by atoms with E-state index < -0.39 is 0 Å². The summed E-state index contributed by atoms with van der Waals surface area (Å²) in [5, 5.41) is 0. The minimum Gasteiger partial charge on any atom is -0.353 e. The van der Waals surface area contributed by atoms with Gasteiger partial charge in [0.15, 0.2) is 5.78 Å². The second kappa shape index (κ2) is 7.86. The highest BCUT2D eigenvalue weighted by molar-refractivity contribution is 5.97. The zero-order valence-corrected chi connectivity index (χ0v) is 15.3. The summed E-state index contributed by atoms with van der Waals surface area (Å²) in [5.74, 6) is 1.45. The molecule has 6 nitrogen and oxygen atoms in total. The van der Waals surface area contributed by atoms with E-state index in [1.165, 1.54) is 0 Å². The SMILES string of the molecule is O=C(CCC(=O)N1CC2CCC1CN(c1cnccn1)C2)c1ccccc1. The number of anilines is 1. The van der Waals surface area contributed by atoms with Crippen LogP contribution in [0.5, 0.6) is 0 Å². The second-order valence-corrected chi connectivity index (χ2v) is 7.40. The number of aromatic nitrogens is 2. The van der Waals surface area contributed by atoms with Gasteiger partial charge in [0.2, 0.25) is 5.91 Å². The van der Waals surface area contributed by atoms with Crippen molar-refractivity contribution in [1.82, 2.24) is 14.9 Å². The standard InChI is InChI=1S/C21H24N4O2/c26-19(17-4-2-1-3-5-17)8-9-21(27)25-14-16-6-7-18(25)15-24(13-16)20-12-22-10-11-23-20/h1-5,10-12,16,18H,6-9,13-15H2. The van der Waals surface area contributed by atoms with Crippen LogP contribution in [0, 0.1) is 5.92 Å². The number of carbonyl (C=O) groups is 2. The molecule has 2 bridgehead atoms. The van der Waals surface area contributed by atoms with Gasteiger partial charge in [-0.25, -0.2) is 4.98 Å². The zero-order chi connectivity index (χ0) is 18.6. The van der Waals surface area contributed by atoms with Gasteiger partial charge in [-0.3, -0.25) is 14.6 Å². The third kappa shape index (κ3) is 3.99. The summed E-state index contributed by atoms with van der Waals surface area (Å²) >= 11 is 0. The molecule has 3 aliphatic rings. The lowest BCUT2D eigenvalue weighted by Crippen LogP contribution is -2.47. The average molecular weight is 364 g/mol. The van der Waals surface area contributed by atoms with Crippen molar-refractivity contribution in [2.75, 3.05) is 24.5 Å². The number of piperidine rings is 1. The largest absolute Gasteiger partial charge is 0.353 e. The summed E-state index contributed by atoms with van der Waals surface area (Å²) < 4.78 is 0. The Morgan fingerprint density at radius 1 is 1.00 bits per heavy atom. The minimum absolute atomic E-state index is 0.0325. The molecule has 3 saturated heterocycles. The molecule has 0 aliphatic carbocycles. The van der Waals surface area contributed by atoms with Gasteiger partial charge in [-0.2, -0.15) is 0 Å². The number of hydrogen-bond acceptors (Lipinski definition) is 5. The lowest BCUT2D eigenvalue weighted by Gasteiger charge is -2.36. The quantitative estimate of drug-likeness (QED) is 0.763. The summed E-state index contributed by atoms with van der Waals surface area (Å²) in [6.07, 6.45) is 7.87. The van der Waals surface area contributed by atoms with Crippen molar-refractivity contribution in [3.63, 3.8) is 0 Å². The Balaban J connectivity index is 1.39. The van der Waals surface area contributed by atoms with Crippen LogP contribution in [0.25, 0.3) is 0 Å². The van der Waals surface area contributed by atoms with Crippen molar-refractivity contribution in [1.29, 1.82) is 0 Å². The van der Waals surface area contributed by atoms with Crippen LogP contribution in [0.15, 0.2) is 48.9 Å². The van der Waals surface area contributed by atoms with Crippen LogP contribution in [-0.2, 0) is 4.79 Å². The first-order valence-electron chi connectivity index (χ1n) is 9.59. The number of nitrogens with zero attached hydrogens (tertiary/aromatic N) is 4. The smallest absolute Gasteiger partial charge is 0.223 e. The molecule has 1 amide bonds. The third-order valence-corrected chi connectivity index (χ3v) is 5.57. The summed E-state index contributed by atoms with van der Waals surface area (Å²) in [6.45, 7) is 2.47. The van der Waals surface area contributed by atoms with Crippen molar-refractivity contribution in [2.45, 2.75) is 31.7 Å². The highest BCUT2D eigenvalue weighted by Crippen LogP contribution is 2.30. The number of hydrogen-bond donors (Lipinski definition) is 0. The van der Waals surface area contributed by atoms with Gasteiger partial charge in [0.05, 0.1) is 6.20 Å². The molecular formula is C21H24N4O2. The number of benzene rings is 1. The van der Waals surface area contributed by atoms with E-state index in [1.807, 2.05) is 23.1 Å². The van der Waals surface area contributed by atoms with Gasteiger partial charge >= 0.3 is 0 Å². The van der Waals surface area contributed by atoms with E-state index in [1.54, 1.807) is 30.7 Å². The zero-order valence-electron chi connectivity index (χ0n) is 15.3. The fourth-order valence-electron chi connectivity index (χ4n) is 4.16. The Bertz CT molecular complexity index is 796. The number of fused-ring (bicyclic) bond motifs is 4. The van der Waals surface area contributed by atoms with E-state index in [2.05, 4.69) is 14.9 Å². The Hall–Kier alpha value is -2.76. The van der Waals surface area contributed by atoms with E-state index in [-0.39, 0.29) is 30.6 Å². The molecule has 0 saturated carbocycles. The average Bonchev–Trinajstić information content (AvgIpc) is 3.05. The van der Waals surface area contributed by atoms with Crippen molar-refractivity contribution < 1.29 is 9.59 Å². The maximum atomic E-state index is 12.8. The van der Waals surface area contributed by atoms with Gasteiger partial charge in [0, 0.05) is 56.5 Å². The maximum Gasteiger partial charge on any atom is 0.223 e. The van der Waals surface area contributed by atoms with Crippen LogP contribution in [0.1, 0.15) is 36.0 Å². The molecule has 27 heavy (non-hydrogen) atoms. The van der Waals surface area contributed by atoms with Crippen molar-refractivity contribution in [3.05, 3.63) is 54.5 Å². The van der Waals surface area contributed by atoms with E-state index in [0.29, 0.717) is 11.5 Å². The molecule has 2 aromatic rings. The molecule has 3 aliphatic heterocycles. The lowest BCUT2D eigenvalue weighted by molar-refractivity contribution is -0.135. The number of rotatable bonds is 5. The maximum absolute atomic E-state index is 12.8. The van der Waals surface area contributed by atoms with E-state index in [4.69, 9.17) is 0 Å². The number of carbonyl (C=O) groups excluding carboxylic acids is 2. The number of ketones is 1. The monoisotopic (exact) mass is 364 g/mol. The molecule has 140 valence electrons. The third-order valence-electron chi connectivity index (χ3n) is 5.57. The van der Waals surface area contributed by atoms with Gasteiger partial charge in [-0.15, -0.1) is 0 Å². The fraction of sp³-hybridized carbons (Fsp3) is 0.429. The normalized spacial score (nSPS) is 21.8. The summed E-state index contributed by atoms with van der Waals surface area (Å²) in [7, 11) is 0. The first kappa shape index (κ1) is 17.6. The molecule has 3 fully saturated rings. The predicted octanol–water partition coefficient (Wildman–Crippen LogP) is 2.57. The molecular weight excluding hydrogens is 340 g/mol. The summed E-state index contributed by atoms with van der Waals surface area (Å²) in [6, 6.07) is 9.39. The topological polar surface area (TPSA) is 66.4 Å².